The van der Waals surface area contributed by atoms with Crippen molar-refractivity contribution in [1.82, 2.24) is 23.6 Å². The molecule has 0 aliphatic heterocycles. The van der Waals surface area contributed by atoms with Gasteiger partial charge in [0.2, 0.25) is 0 Å². The molecule has 9 nitrogen and oxygen atoms in total. The largest absolute Gasteiger partial charge is 0.336 e. The number of nitrogens with one attached hydrogen (secondary N) is 1. The third-order valence-corrected chi connectivity index (χ3v) is 9.48. The second kappa shape index (κ2) is 7.85. The fraction of sp³-hybridized carbons (Fsp3) is 0.409. The molecule has 12 heteroatoms. The molecule has 0 spiro atoms. The molecule has 0 amide bonds. The van der Waals surface area contributed by atoms with Crippen molar-refractivity contribution in [2.45, 2.75) is 49.4 Å². The van der Waals surface area contributed by atoms with E-state index in [1.165, 1.54) is 22.8 Å². The Morgan fingerprint density at radius 3 is 2.65 bits per heavy atom. The SMILES string of the molecule is CC1CC(n2c(=O)n(Cc3cnn(C)c3)c(=O)c3cc(S(=O)(=O)NC4(C)CC4)sc32)=CC=C1F. The normalized spacial score (nSPS) is 19.8. The van der Waals surface area contributed by atoms with Crippen molar-refractivity contribution in [3.05, 3.63) is 62.8 Å². The molecule has 1 atom stereocenters. The number of allylic oxidation sites excluding steroid dienone is 4. The lowest BCUT2D eigenvalue weighted by atomic mass is 9.99. The van der Waals surface area contributed by atoms with Crippen molar-refractivity contribution < 1.29 is 12.8 Å². The molecule has 2 aliphatic rings. The van der Waals surface area contributed by atoms with Crippen LogP contribution in [0.3, 0.4) is 0 Å². The van der Waals surface area contributed by atoms with Crippen molar-refractivity contribution in [1.29, 1.82) is 0 Å². The van der Waals surface area contributed by atoms with E-state index in [4.69, 9.17) is 0 Å². The third-order valence-electron chi connectivity index (χ3n) is 6.24. The molecule has 3 aromatic rings. The van der Waals surface area contributed by atoms with Crippen molar-refractivity contribution in [2.24, 2.45) is 13.0 Å². The minimum Gasteiger partial charge on any atom is -0.275 e. The van der Waals surface area contributed by atoms with Crippen LogP contribution in [0, 0.1) is 5.92 Å². The first kappa shape index (κ1) is 22.9. The number of aryl methyl sites for hydroxylation is 1. The van der Waals surface area contributed by atoms with Gasteiger partial charge in [0.25, 0.3) is 15.6 Å². The second-order valence-corrected chi connectivity index (χ2v) is 12.2. The molecule has 1 saturated carbocycles. The van der Waals surface area contributed by atoms with Crippen molar-refractivity contribution in [3.8, 4) is 0 Å². The van der Waals surface area contributed by atoms with Gasteiger partial charge in [-0.1, -0.05) is 6.92 Å². The Balaban J connectivity index is 1.74. The highest BCUT2D eigenvalue weighted by molar-refractivity contribution is 7.91. The maximum absolute atomic E-state index is 14.0. The summed E-state index contributed by atoms with van der Waals surface area (Å²) in [6.07, 6.45) is 7.78. The first-order valence-electron chi connectivity index (χ1n) is 10.8. The Kier molecular flexibility index (Phi) is 5.30. The molecule has 3 heterocycles. The molecule has 0 bridgehead atoms. The number of rotatable bonds is 6. The van der Waals surface area contributed by atoms with Gasteiger partial charge in [0, 0.05) is 36.0 Å². The topological polar surface area (TPSA) is 108 Å². The molecule has 0 aromatic carbocycles. The van der Waals surface area contributed by atoms with Crippen LogP contribution < -0.4 is 16.0 Å². The van der Waals surface area contributed by atoms with E-state index in [1.807, 2.05) is 6.92 Å². The summed E-state index contributed by atoms with van der Waals surface area (Å²) in [6, 6.07) is 1.33. The molecule has 3 aromatic heterocycles. The van der Waals surface area contributed by atoms with Crippen LogP contribution in [0.4, 0.5) is 4.39 Å². The van der Waals surface area contributed by atoms with Crippen LogP contribution in [0.25, 0.3) is 15.9 Å². The second-order valence-electron chi connectivity index (χ2n) is 9.30. The molecule has 34 heavy (non-hydrogen) atoms. The fourth-order valence-electron chi connectivity index (χ4n) is 4.03. The van der Waals surface area contributed by atoms with Gasteiger partial charge in [-0.2, -0.15) is 5.10 Å². The van der Waals surface area contributed by atoms with Crippen LogP contribution in [0.5, 0.6) is 0 Å². The number of fused-ring (bicyclic) bond motifs is 1. The average Bonchev–Trinajstić information content (AvgIpc) is 3.13. The van der Waals surface area contributed by atoms with Gasteiger partial charge >= 0.3 is 5.69 Å². The molecule has 2 aliphatic carbocycles. The molecule has 1 unspecified atom stereocenters. The van der Waals surface area contributed by atoms with E-state index in [9.17, 15) is 22.4 Å². The quantitative estimate of drug-likeness (QED) is 0.554. The Bertz CT molecular complexity index is 1600. The van der Waals surface area contributed by atoms with E-state index in [2.05, 4.69) is 9.82 Å². The number of hydrogen-bond acceptors (Lipinski definition) is 6. The van der Waals surface area contributed by atoms with Gasteiger partial charge in [0.05, 0.1) is 18.1 Å². The summed E-state index contributed by atoms with van der Waals surface area (Å²) in [5.74, 6) is -0.742. The molecular formula is C22H24FN5O4S2. The average molecular weight is 506 g/mol. The highest BCUT2D eigenvalue weighted by Gasteiger charge is 2.42. The number of thiophene rings is 1. The van der Waals surface area contributed by atoms with Crippen LogP contribution >= 0.6 is 11.3 Å². The summed E-state index contributed by atoms with van der Waals surface area (Å²) in [6.45, 7) is 3.50. The van der Waals surface area contributed by atoms with Gasteiger partial charge in [-0.05, 0) is 44.4 Å². The van der Waals surface area contributed by atoms with E-state index in [1.54, 1.807) is 31.0 Å². The number of halogens is 1. The zero-order valence-electron chi connectivity index (χ0n) is 18.9. The van der Waals surface area contributed by atoms with Crippen LogP contribution in [0.2, 0.25) is 0 Å². The summed E-state index contributed by atoms with van der Waals surface area (Å²) in [4.78, 5) is 27.2. The minimum atomic E-state index is -3.88. The highest BCUT2D eigenvalue weighted by atomic mass is 32.2. The van der Waals surface area contributed by atoms with Gasteiger partial charge < -0.3 is 0 Å². The molecule has 0 saturated heterocycles. The molecular weight excluding hydrogens is 481 g/mol. The van der Waals surface area contributed by atoms with Gasteiger partial charge in [0.1, 0.15) is 14.9 Å². The maximum atomic E-state index is 14.0. The standard InChI is InChI=1S/C22H24FN5O4S2/c1-13-8-15(4-5-17(13)23)28-20-16(9-18(33-20)34(31,32)25-22(2)6-7-22)19(29)27(21(28)30)12-14-10-24-26(3)11-14/h4-5,9-11,13,25H,6-8,12H2,1-3H3. The summed E-state index contributed by atoms with van der Waals surface area (Å²) in [5.41, 5.74) is -0.531. The van der Waals surface area contributed by atoms with E-state index < -0.39 is 32.7 Å². The van der Waals surface area contributed by atoms with E-state index in [0.29, 0.717) is 11.3 Å². The van der Waals surface area contributed by atoms with E-state index in [0.717, 1.165) is 28.7 Å². The third kappa shape index (κ3) is 3.99. The van der Waals surface area contributed by atoms with Crippen molar-refractivity contribution in [3.63, 3.8) is 0 Å². The van der Waals surface area contributed by atoms with Crippen LogP contribution in [-0.2, 0) is 23.6 Å². The molecule has 180 valence electrons. The first-order chi connectivity index (χ1) is 16.0. The lowest BCUT2D eigenvalue weighted by Gasteiger charge is -2.20. The molecule has 1 fully saturated rings. The minimum absolute atomic E-state index is 0.0251. The zero-order valence-corrected chi connectivity index (χ0v) is 20.5. The van der Waals surface area contributed by atoms with Gasteiger partial charge in [0.15, 0.2) is 0 Å². The first-order valence-corrected chi connectivity index (χ1v) is 13.1. The number of nitrogens with zero attached hydrogens (tertiary/aromatic N) is 4. The fourth-order valence-corrected chi connectivity index (χ4v) is 6.97. The number of aromatic nitrogens is 4. The predicted octanol–water partition coefficient (Wildman–Crippen LogP) is 2.57. The molecule has 5 rings (SSSR count). The summed E-state index contributed by atoms with van der Waals surface area (Å²) in [7, 11) is -2.15. The summed E-state index contributed by atoms with van der Waals surface area (Å²) >= 11 is 0.870. The Labute approximate surface area is 198 Å². The lowest BCUT2D eigenvalue weighted by Crippen LogP contribution is -2.39. The number of sulfonamides is 1. The summed E-state index contributed by atoms with van der Waals surface area (Å²) < 4.78 is 46.7. The van der Waals surface area contributed by atoms with Crippen LogP contribution in [0.15, 0.2) is 50.2 Å². The number of hydrogen-bond donors (Lipinski definition) is 1. The Hall–Kier alpha value is -2.83. The predicted molar refractivity (Wildman–Crippen MR) is 128 cm³/mol. The van der Waals surface area contributed by atoms with E-state index in [-0.39, 0.29) is 33.2 Å². The van der Waals surface area contributed by atoms with Crippen molar-refractivity contribution >= 4 is 37.3 Å². The van der Waals surface area contributed by atoms with Gasteiger partial charge in [-0.25, -0.2) is 22.3 Å². The molecule has 1 N–H and O–H groups in total. The smallest absolute Gasteiger partial charge is 0.275 e. The summed E-state index contributed by atoms with van der Waals surface area (Å²) in [5, 5.41) is 4.21. The Morgan fingerprint density at radius 1 is 1.29 bits per heavy atom. The van der Waals surface area contributed by atoms with Crippen LogP contribution in [0.1, 0.15) is 38.7 Å². The lowest BCUT2D eigenvalue weighted by molar-refractivity contribution is 0.489. The van der Waals surface area contributed by atoms with Crippen LogP contribution in [-0.4, -0.2) is 32.9 Å². The molecule has 0 radical (unpaired) electrons. The van der Waals surface area contributed by atoms with Gasteiger partial charge in [-0.3, -0.25) is 18.6 Å². The zero-order chi connectivity index (χ0) is 24.4. The monoisotopic (exact) mass is 505 g/mol. The van der Waals surface area contributed by atoms with Gasteiger partial charge in [-0.15, -0.1) is 11.3 Å². The van der Waals surface area contributed by atoms with Crippen molar-refractivity contribution in [2.75, 3.05) is 0 Å². The Morgan fingerprint density at radius 2 is 2.03 bits per heavy atom. The van der Waals surface area contributed by atoms with E-state index >= 15 is 0 Å². The maximum Gasteiger partial charge on any atom is 0.336 e. The highest BCUT2D eigenvalue weighted by Crippen LogP contribution is 2.38.